The topological polar surface area (TPSA) is 134 Å². The number of fused-ring (bicyclic) bond motifs is 1. The van der Waals surface area contributed by atoms with E-state index in [1.807, 2.05) is 0 Å². The summed E-state index contributed by atoms with van der Waals surface area (Å²) >= 11 is 0. The summed E-state index contributed by atoms with van der Waals surface area (Å²) in [5.74, 6) is -4.06. The van der Waals surface area contributed by atoms with E-state index in [2.05, 4.69) is 11.6 Å². The van der Waals surface area contributed by atoms with E-state index in [9.17, 15) is 27.9 Å². The van der Waals surface area contributed by atoms with Crippen molar-refractivity contribution < 1.29 is 62.2 Å². The molecule has 0 saturated carbocycles. The van der Waals surface area contributed by atoms with Crippen LogP contribution in [0.2, 0.25) is 0 Å². The van der Waals surface area contributed by atoms with Crippen molar-refractivity contribution in [2.75, 3.05) is 12.4 Å². The summed E-state index contributed by atoms with van der Waals surface area (Å²) in [5.41, 5.74) is -0.573. The van der Waals surface area contributed by atoms with Gasteiger partial charge in [-0.05, 0) is 18.2 Å². The molecule has 1 amide bonds. The Balaban J connectivity index is 0.00000280. The largest absolute Gasteiger partial charge is 1.00 e. The van der Waals surface area contributed by atoms with Crippen LogP contribution in [0.3, 0.4) is 0 Å². The number of carbonyl (C=O) groups is 3. The molecule has 0 N–H and O–H groups in total. The van der Waals surface area contributed by atoms with Gasteiger partial charge in [0.15, 0.2) is 15.2 Å². The van der Waals surface area contributed by atoms with Gasteiger partial charge in [-0.15, -0.1) is 0 Å². The van der Waals surface area contributed by atoms with Crippen LogP contribution in [0, 0.1) is 0 Å². The number of hydrogen-bond acceptors (Lipinski definition) is 8. The average molecular weight is 412 g/mol. The Morgan fingerprint density at radius 1 is 1.39 bits per heavy atom. The number of ether oxygens (including phenoxy) is 1. The fourth-order valence-electron chi connectivity index (χ4n) is 2.88. The number of amides is 1. The summed E-state index contributed by atoms with van der Waals surface area (Å²) in [6, 6.07) is 4.89. The summed E-state index contributed by atoms with van der Waals surface area (Å²) in [4.78, 5) is 39.8. The molecule has 1 aromatic rings. The van der Waals surface area contributed by atoms with Crippen LogP contribution in [0.25, 0.3) is 6.08 Å². The van der Waals surface area contributed by atoms with Gasteiger partial charge in [0.2, 0.25) is 0 Å². The molecule has 28 heavy (non-hydrogen) atoms. The Morgan fingerprint density at radius 3 is 2.68 bits per heavy atom. The number of hydrogen-bond donors (Lipinski definition) is 0. The van der Waals surface area contributed by atoms with E-state index in [0.717, 1.165) is 6.08 Å². The first kappa shape index (κ1) is 22.0. The van der Waals surface area contributed by atoms with Gasteiger partial charge in [0.05, 0.1) is 28.7 Å². The molecule has 11 heteroatoms. The van der Waals surface area contributed by atoms with Crippen LogP contribution in [0.15, 0.2) is 53.9 Å². The number of rotatable bonds is 5. The SMILES string of the molecule is C=CC(=O)OCC1=C(C(=O)[O-])N2C(=O)/C(=C/c3ccccn3)[C@H]2S(=O)(=O)C1.[Na+]. The van der Waals surface area contributed by atoms with Gasteiger partial charge >= 0.3 is 35.5 Å². The minimum Gasteiger partial charge on any atom is -0.543 e. The predicted octanol–water partition coefficient (Wildman–Crippen LogP) is -4.20. The standard InChI is InChI=1S/C17H14N2O7S.Na/c1-2-13(20)26-8-10-9-27(24,25)16-12(7-11-5-3-4-6-18-11)15(21)19(16)14(10)17(22)23;/h2-7,16H,1,8-9H2,(H,22,23);/q;+1/p-1/b12-7-;/t16-;/m1./s1. The second-order valence-electron chi connectivity index (χ2n) is 5.74. The third kappa shape index (κ3) is 3.95. The maximum atomic E-state index is 12.6. The van der Waals surface area contributed by atoms with Crippen molar-refractivity contribution in [2.45, 2.75) is 5.37 Å². The first-order chi connectivity index (χ1) is 12.8. The van der Waals surface area contributed by atoms with Crippen molar-refractivity contribution in [2.24, 2.45) is 0 Å². The molecule has 3 heterocycles. The number of carbonyl (C=O) groups excluding carboxylic acids is 3. The van der Waals surface area contributed by atoms with Crippen molar-refractivity contribution in [1.29, 1.82) is 0 Å². The van der Waals surface area contributed by atoms with E-state index < -0.39 is 51.1 Å². The van der Waals surface area contributed by atoms with Crippen LogP contribution < -0.4 is 34.7 Å². The van der Waals surface area contributed by atoms with E-state index in [0.29, 0.717) is 10.6 Å². The molecule has 0 aromatic carbocycles. The number of esters is 1. The smallest absolute Gasteiger partial charge is 0.543 e. The Kier molecular flexibility index (Phi) is 6.60. The Labute approximate surface area is 182 Å². The van der Waals surface area contributed by atoms with Crippen LogP contribution in [0.1, 0.15) is 5.69 Å². The molecule has 1 fully saturated rings. The van der Waals surface area contributed by atoms with Gasteiger partial charge in [-0.1, -0.05) is 12.6 Å². The molecule has 2 aliphatic rings. The second kappa shape index (κ2) is 8.39. The number of carboxylic acids is 1. The zero-order valence-electron chi connectivity index (χ0n) is 14.8. The van der Waals surface area contributed by atoms with Crippen molar-refractivity contribution in [3.63, 3.8) is 0 Å². The summed E-state index contributed by atoms with van der Waals surface area (Å²) in [5, 5.41) is 10.1. The molecule has 0 unspecified atom stereocenters. The first-order valence-electron chi connectivity index (χ1n) is 7.66. The first-order valence-corrected chi connectivity index (χ1v) is 9.38. The molecule has 2 aliphatic heterocycles. The quantitative estimate of drug-likeness (QED) is 0.206. The molecule has 0 bridgehead atoms. The zero-order chi connectivity index (χ0) is 19.8. The maximum Gasteiger partial charge on any atom is 1.00 e. The van der Waals surface area contributed by atoms with Gasteiger partial charge < -0.3 is 14.6 Å². The van der Waals surface area contributed by atoms with Gasteiger partial charge in [-0.3, -0.25) is 14.7 Å². The number of pyridine rings is 1. The fraction of sp³-hybridized carbons (Fsp3) is 0.176. The Morgan fingerprint density at radius 2 is 2.11 bits per heavy atom. The van der Waals surface area contributed by atoms with Crippen molar-refractivity contribution in [1.82, 2.24) is 9.88 Å². The molecular formula is C17H13N2NaO7S. The van der Waals surface area contributed by atoms with Gasteiger partial charge in [0.1, 0.15) is 6.61 Å². The molecule has 9 nitrogen and oxygen atoms in total. The molecule has 0 radical (unpaired) electrons. The van der Waals surface area contributed by atoms with E-state index in [1.54, 1.807) is 18.2 Å². The zero-order valence-corrected chi connectivity index (χ0v) is 17.6. The molecule has 140 valence electrons. The van der Waals surface area contributed by atoms with Crippen LogP contribution in [-0.2, 0) is 29.0 Å². The van der Waals surface area contributed by atoms with E-state index in [4.69, 9.17) is 4.74 Å². The average Bonchev–Trinajstić information content (AvgIpc) is 2.63. The number of β-lactam (4-membered cyclic amide) rings is 1. The molecule has 1 aromatic heterocycles. The van der Waals surface area contributed by atoms with Crippen LogP contribution >= 0.6 is 0 Å². The minimum atomic E-state index is -3.95. The van der Waals surface area contributed by atoms with Crippen molar-refractivity contribution in [3.05, 3.63) is 59.6 Å². The third-order valence-corrected chi connectivity index (χ3v) is 5.89. The normalized spacial score (nSPS) is 21.3. The molecule has 3 rings (SSSR count). The van der Waals surface area contributed by atoms with Crippen molar-refractivity contribution in [3.8, 4) is 0 Å². The Hall–Kier alpha value is -2.27. The van der Waals surface area contributed by atoms with Crippen LogP contribution in [0.5, 0.6) is 0 Å². The van der Waals surface area contributed by atoms with Gasteiger partial charge in [0.25, 0.3) is 5.91 Å². The van der Waals surface area contributed by atoms with E-state index >= 15 is 0 Å². The predicted molar refractivity (Wildman–Crippen MR) is 89.8 cm³/mol. The number of nitrogens with zero attached hydrogens (tertiary/aromatic N) is 2. The summed E-state index contributed by atoms with van der Waals surface area (Å²) in [6.45, 7) is 2.58. The third-order valence-electron chi connectivity index (χ3n) is 4.00. The molecule has 1 saturated heterocycles. The molecule has 0 spiro atoms. The Bertz CT molecular complexity index is 1020. The maximum absolute atomic E-state index is 12.6. The van der Waals surface area contributed by atoms with E-state index in [1.165, 1.54) is 12.3 Å². The van der Waals surface area contributed by atoms with Crippen LogP contribution in [-0.4, -0.2) is 53.9 Å². The molecule has 0 aliphatic carbocycles. The van der Waals surface area contributed by atoms with Gasteiger partial charge in [-0.2, -0.15) is 0 Å². The monoisotopic (exact) mass is 412 g/mol. The fourth-order valence-corrected chi connectivity index (χ4v) is 4.82. The van der Waals surface area contributed by atoms with Gasteiger partial charge in [-0.25, -0.2) is 13.2 Å². The number of carboxylic acid groups (broad SMARTS) is 1. The minimum absolute atomic E-state index is 0. The van der Waals surface area contributed by atoms with Crippen LogP contribution in [0.4, 0.5) is 0 Å². The molecular weight excluding hydrogens is 399 g/mol. The van der Waals surface area contributed by atoms with Crippen molar-refractivity contribution >= 4 is 33.8 Å². The molecule has 1 atom stereocenters. The van der Waals surface area contributed by atoms with Gasteiger partial charge in [0, 0.05) is 17.8 Å². The summed E-state index contributed by atoms with van der Waals surface area (Å²) < 4.78 is 30.0. The summed E-state index contributed by atoms with van der Waals surface area (Å²) in [7, 11) is -3.95. The number of sulfone groups is 1. The number of aromatic nitrogens is 1. The second-order valence-corrected chi connectivity index (χ2v) is 7.80. The summed E-state index contributed by atoms with van der Waals surface area (Å²) in [6.07, 6.45) is 3.62. The van der Waals surface area contributed by atoms with E-state index in [-0.39, 0.29) is 40.7 Å². The number of aliphatic carboxylic acids is 1.